The molecule has 166 valence electrons. The largest absolute Gasteiger partial charge is 0.600 e. The molecule has 0 amide bonds. The topological polar surface area (TPSA) is 95.5 Å². The summed E-state index contributed by atoms with van der Waals surface area (Å²) in [6.07, 6.45) is 9.12. The summed E-state index contributed by atoms with van der Waals surface area (Å²) in [7, 11) is 0. The molecule has 3 fully saturated rings. The minimum Gasteiger partial charge on any atom is -0.600 e. The van der Waals surface area contributed by atoms with Crippen molar-refractivity contribution in [1.82, 2.24) is 0 Å². The van der Waals surface area contributed by atoms with E-state index in [-0.39, 0.29) is 29.6 Å². The number of carbonyl (C=O) groups is 2. The van der Waals surface area contributed by atoms with E-state index in [1.165, 1.54) is 24.2 Å². The van der Waals surface area contributed by atoms with Crippen LogP contribution in [0, 0.1) is 23.0 Å². The maximum absolute atomic E-state index is 12.9. The molecule has 2 aliphatic carbocycles. The molecule has 0 aromatic rings. The van der Waals surface area contributed by atoms with Crippen LogP contribution >= 0.6 is 0 Å². The van der Waals surface area contributed by atoms with Crippen molar-refractivity contribution in [3.63, 3.8) is 0 Å². The van der Waals surface area contributed by atoms with Crippen LogP contribution in [0.4, 0.5) is 0 Å². The van der Waals surface area contributed by atoms with E-state index < -0.39 is 11.3 Å². The summed E-state index contributed by atoms with van der Waals surface area (Å²) in [6, 6.07) is -0.588. The predicted molar refractivity (Wildman–Crippen MR) is 108 cm³/mol. The number of rotatable bonds is 8. The summed E-state index contributed by atoms with van der Waals surface area (Å²) in [5, 5.41) is 20.3. The van der Waals surface area contributed by atoms with Crippen molar-refractivity contribution < 1.29 is 29.7 Å². The highest BCUT2D eigenvalue weighted by Crippen LogP contribution is 2.28. The van der Waals surface area contributed by atoms with Gasteiger partial charge in [-0.15, -0.1) is 0 Å². The Balaban J connectivity index is 1.51. The summed E-state index contributed by atoms with van der Waals surface area (Å²) >= 11 is 0. The van der Waals surface area contributed by atoms with Crippen LogP contribution in [0.25, 0.3) is 0 Å². The van der Waals surface area contributed by atoms with E-state index in [1.807, 2.05) is 6.92 Å². The number of Topliss-reactive ketones (excluding diaryl/α,β-unsaturated/α-hetero) is 2. The molecular formula is C22H39N2O5+. The lowest BCUT2D eigenvalue weighted by Gasteiger charge is -2.38. The SMILES string of the molecule is CCOC1CCC(C(=O)C[NH+]2CCCC(C(=O)C3CCCCC3)C2)CC1[NH+]([O-])O. The highest BCUT2D eigenvalue weighted by molar-refractivity contribution is 5.84. The fourth-order valence-corrected chi connectivity index (χ4v) is 5.77. The highest BCUT2D eigenvalue weighted by Gasteiger charge is 2.40. The van der Waals surface area contributed by atoms with Crippen molar-refractivity contribution in [1.29, 1.82) is 0 Å². The van der Waals surface area contributed by atoms with Crippen LogP contribution in [-0.4, -0.2) is 55.2 Å². The predicted octanol–water partition coefficient (Wildman–Crippen LogP) is 0.346. The molecule has 3 aliphatic rings. The molecule has 3 rings (SSSR count). The molecule has 1 aliphatic heterocycles. The molecule has 0 radical (unpaired) electrons. The normalized spacial score (nSPS) is 35.2. The van der Waals surface area contributed by atoms with Crippen LogP contribution in [0.1, 0.15) is 71.1 Å². The van der Waals surface area contributed by atoms with E-state index in [0.717, 1.165) is 38.8 Å². The number of piperidine rings is 1. The number of likely N-dealkylation sites (tertiary alicyclic amines) is 1. The molecule has 0 aromatic heterocycles. The zero-order chi connectivity index (χ0) is 20.8. The molecule has 1 saturated heterocycles. The lowest BCUT2D eigenvalue weighted by Crippen LogP contribution is -3.14. The number of quaternary nitrogens is 2. The summed E-state index contributed by atoms with van der Waals surface area (Å²) in [5.74, 6) is 0.781. The fraction of sp³-hybridized carbons (Fsp3) is 0.909. The Labute approximate surface area is 174 Å². The summed E-state index contributed by atoms with van der Waals surface area (Å²) < 4.78 is 5.60. The average molecular weight is 412 g/mol. The molecule has 0 bridgehead atoms. The standard InChI is InChI=1S/C22H38N2O5/c1-2-29-21-11-10-17(13-19(21)24(27)28)20(25)15-23-12-6-9-18(14-23)22(26)16-7-4-3-5-8-16/h16-19,21,24,27H,2-15H2,1H3/p+1. The molecule has 3 N–H and O–H groups in total. The van der Waals surface area contributed by atoms with Crippen LogP contribution in [0.5, 0.6) is 0 Å². The Bertz CT molecular complexity index is 549. The average Bonchev–Trinajstić information content (AvgIpc) is 2.74. The molecule has 6 atom stereocenters. The molecular weight excluding hydrogens is 372 g/mol. The van der Waals surface area contributed by atoms with Crippen LogP contribution in [0.3, 0.4) is 0 Å². The maximum atomic E-state index is 12.9. The Kier molecular flexibility index (Phi) is 8.62. The van der Waals surface area contributed by atoms with Crippen molar-refractivity contribution in [3.8, 4) is 0 Å². The van der Waals surface area contributed by atoms with Crippen molar-refractivity contribution in [2.75, 3.05) is 26.2 Å². The lowest BCUT2D eigenvalue weighted by molar-refractivity contribution is -1.07. The second-order valence-electron chi connectivity index (χ2n) is 9.37. The number of ether oxygens (including phenoxy) is 1. The van der Waals surface area contributed by atoms with Gasteiger partial charge in [0.25, 0.3) is 0 Å². The van der Waals surface area contributed by atoms with Gasteiger partial charge in [0, 0.05) is 24.9 Å². The lowest BCUT2D eigenvalue weighted by atomic mass is 9.79. The minimum atomic E-state index is -0.857. The number of hydrogen-bond acceptors (Lipinski definition) is 5. The van der Waals surface area contributed by atoms with E-state index >= 15 is 0 Å². The Hall–Kier alpha value is -0.860. The van der Waals surface area contributed by atoms with Gasteiger partial charge in [-0.1, -0.05) is 19.3 Å². The first-order chi connectivity index (χ1) is 14.0. The first-order valence-corrected chi connectivity index (χ1v) is 11.7. The van der Waals surface area contributed by atoms with Crippen molar-refractivity contribution in [2.45, 2.75) is 83.3 Å². The van der Waals surface area contributed by atoms with Gasteiger partial charge >= 0.3 is 0 Å². The molecule has 7 heteroatoms. The Morgan fingerprint density at radius 2 is 1.76 bits per heavy atom. The molecule has 0 aromatic carbocycles. The van der Waals surface area contributed by atoms with Gasteiger partial charge in [0.15, 0.2) is 5.78 Å². The number of hydroxylamine groups is 2. The smallest absolute Gasteiger partial charge is 0.190 e. The van der Waals surface area contributed by atoms with Gasteiger partial charge in [-0.2, -0.15) is 0 Å². The van der Waals surface area contributed by atoms with Gasteiger partial charge in [-0.25, -0.2) is 10.4 Å². The zero-order valence-electron chi connectivity index (χ0n) is 17.9. The van der Waals surface area contributed by atoms with E-state index in [9.17, 15) is 20.0 Å². The fourth-order valence-electron chi connectivity index (χ4n) is 5.77. The molecule has 2 saturated carbocycles. The van der Waals surface area contributed by atoms with Gasteiger partial charge < -0.3 is 14.8 Å². The Morgan fingerprint density at radius 3 is 2.45 bits per heavy atom. The number of carbonyl (C=O) groups excluding carboxylic acids is 2. The monoisotopic (exact) mass is 411 g/mol. The number of nitrogens with one attached hydrogen (secondary N) is 2. The van der Waals surface area contributed by atoms with Crippen molar-refractivity contribution in [2.24, 2.45) is 17.8 Å². The molecule has 1 heterocycles. The van der Waals surface area contributed by atoms with Crippen molar-refractivity contribution >= 4 is 11.6 Å². The van der Waals surface area contributed by atoms with Crippen LogP contribution in [0.2, 0.25) is 0 Å². The van der Waals surface area contributed by atoms with Gasteiger partial charge in [-0.3, -0.25) is 9.59 Å². The zero-order valence-corrected chi connectivity index (χ0v) is 17.9. The number of ketones is 2. The van der Waals surface area contributed by atoms with Gasteiger partial charge in [0.2, 0.25) is 0 Å². The first kappa shape index (κ1) is 22.8. The van der Waals surface area contributed by atoms with Crippen LogP contribution in [0.15, 0.2) is 0 Å². The maximum Gasteiger partial charge on any atom is 0.190 e. The summed E-state index contributed by atoms with van der Waals surface area (Å²) in [5.41, 5.74) is 0. The number of hydrogen-bond donors (Lipinski definition) is 3. The highest BCUT2D eigenvalue weighted by atomic mass is 16.8. The van der Waals surface area contributed by atoms with E-state index in [1.54, 1.807) is 0 Å². The van der Waals surface area contributed by atoms with Gasteiger partial charge in [-0.05, 0) is 45.4 Å². The molecule has 6 unspecified atom stereocenters. The third-order valence-electron chi connectivity index (χ3n) is 7.39. The van der Waals surface area contributed by atoms with E-state index in [4.69, 9.17) is 4.74 Å². The van der Waals surface area contributed by atoms with Crippen molar-refractivity contribution in [3.05, 3.63) is 5.21 Å². The minimum absolute atomic E-state index is 0.107. The summed E-state index contributed by atoms with van der Waals surface area (Å²) in [6.45, 7) is 4.53. The third-order valence-corrected chi connectivity index (χ3v) is 7.39. The second kappa shape index (κ2) is 11.0. The van der Waals surface area contributed by atoms with E-state index in [2.05, 4.69) is 0 Å². The third kappa shape index (κ3) is 6.07. The van der Waals surface area contributed by atoms with E-state index in [0.29, 0.717) is 38.2 Å². The first-order valence-electron chi connectivity index (χ1n) is 11.7. The molecule has 0 spiro atoms. The van der Waals surface area contributed by atoms with Gasteiger partial charge in [0.05, 0.1) is 19.0 Å². The summed E-state index contributed by atoms with van der Waals surface area (Å²) in [4.78, 5) is 27.1. The quantitative estimate of drug-likeness (QED) is 0.501. The van der Waals surface area contributed by atoms with Gasteiger partial charge in [0.1, 0.15) is 24.5 Å². The van der Waals surface area contributed by atoms with Crippen LogP contribution < -0.4 is 10.1 Å². The Morgan fingerprint density at radius 1 is 1.03 bits per heavy atom. The molecule has 7 nitrogen and oxygen atoms in total. The molecule has 29 heavy (non-hydrogen) atoms. The van der Waals surface area contributed by atoms with Crippen LogP contribution in [-0.2, 0) is 14.3 Å². The second-order valence-corrected chi connectivity index (χ2v) is 9.37.